The number of rotatable bonds is 1. The quantitative estimate of drug-likeness (QED) is 0.738. The van der Waals surface area contributed by atoms with Crippen molar-refractivity contribution in [3.8, 4) is 0 Å². The summed E-state index contributed by atoms with van der Waals surface area (Å²) in [5.74, 6) is -3.49. The van der Waals surface area contributed by atoms with Gasteiger partial charge in [-0.3, -0.25) is 9.59 Å². The smallest absolute Gasteiger partial charge is 0.370 e. The second kappa shape index (κ2) is 5.61. The van der Waals surface area contributed by atoms with Crippen LogP contribution in [0.2, 0.25) is 0 Å². The second-order valence-corrected chi connectivity index (χ2v) is 6.17. The molecule has 0 aromatic carbocycles. The lowest BCUT2D eigenvalue weighted by Gasteiger charge is -2.36. The molecule has 9 heteroatoms. The lowest BCUT2D eigenvalue weighted by Crippen LogP contribution is -2.47. The summed E-state index contributed by atoms with van der Waals surface area (Å²) in [6.45, 7) is 2.80. The van der Waals surface area contributed by atoms with Crippen LogP contribution >= 0.6 is 0 Å². The predicted octanol–water partition coefficient (Wildman–Crippen LogP) is 1.94. The van der Waals surface area contributed by atoms with E-state index in [-0.39, 0.29) is 23.6 Å². The monoisotopic (exact) mass is 330 g/mol. The van der Waals surface area contributed by atoms with Gasteiger partial charge in [0.2, 0.25) is 5.91 Å². The molecule has 126 valence electrons. The molecule has 0 saturated carbocycles. The standard InChI is InChI=1S/C14H17F3N4O2/c1-8(22)21-4-2-3-9-6-20(7-11(9)21)10-5-18-19-13(23)12(10)14(15,16)17/h5,9,11-12H,2-4,6-7H2,1H3/t9-,11+,12?/m1/s1. The van der Waals surface area contributed by atoms with Gasteiger partial charge in [-0.15, -0.1) is 5.11 Å². The molecular formula is C14H17F3N4O2. The lowest BCUT2D eigenvalue weighted by atomic mass is 9.92. The van der Waals surface area contributed by atoms with Gasteiger partial charge in [-0.25, -0.2) is 0 Å². The van der Waals surface area contributed by atoms with Gasteiger partial charge in [-0.2, -0.15) is 18.3 Å². The van der Waals surface area contributed by atoms with Crippen LogP contribution in [0.25, 0.3) is 0 Å². The van der Waals surface area contributed by atoms with Gasteiger partial charge in [0.05, 0.1) is 17.9 Å². The molecule has 2 amide bonds. The van der Waals surface area contributed by atoms with Crippen molar-refractivity contribution in [2.75, 3.05) is 19.6 Å². The summed E-state index contributed by atoms with van der Waals surface area (Å²) in [6.07, 6.45) is -1.97. The minimum Gasteiger partial charge on any atom is -0.370 e. The van der Waals surface area contributed by atoms with E-state index in [1.807, 2.05) is 0 Å². The average Bonchev–Trinajstić information content (AvgIpc) is 2.88. The summed E-state index contributed by atoms with van der Waals surface area (Å²) < 4.78 is 39.6. The second-order valence-electron chi connectivity index (χ2n) is 6.17. The molecule has 0 spiro atoms. The van der Waals surface area contributed by atoms with E-state index in [9.17, 15) is 22.8 Å². The zero-order valence-corrected chi connectivity index (χ0v) is 12.6. The first-order valence-electron chi connectivity index (χ1n) is 7.52. The number of carbonyl (C=O) groups excluding carboxylic acids is 2. The molecule has 2 saturated heterocycles. The third kappa shape index (κ3) is 2.84. The van der Waals surface area contributed by atoms with E-state index in [2.05, 4.69) is 10.2 Å². The molecule has 1 unspecified atom stereocenters. The fraction of sp³-hybridized carbons (Fsp3) is 0.714. The van der Waals surface area contributed by atoms with Crippen molar-refractivity contribution in [2.45, 2.75) is 32.0 Å². The first kappa shape index (κ1) is 15.9. The molecule has 0 N–H and O–H groups in total. The Hall–Kier alpha value is -1.93. The van der Waals surface area contributed by atoms with Gasteiger partial charge in [-0.05, 0) is 18.8 Å². The van der Waals surface area contributed by atoms with Gasteiger partial charge in [0.25, 0.3) is 5.91 Å². The number of halogens is 3. The summed E-state index contributed by atoms with van der Waals surface area (Å²) in [4.78, 5) is 26.6. The number of alkyl halides is 3. The van der Waals surface area contributed by atoms with Crippen LogP contribution in [0.5, 0.6) is 0 Å². The highest BCUT2D eigenvalue weighted by Gasteiger charge is 2.52. The van der Waals surface area contributed by atoms with Gasteiger partial charge in [0, 0.05) is 26.6 Å². The van der Waals surface area contributed by atoms with E-state index < -0.39 is 18.0 Å². The van der Waals surface area contributed by atoms with E-state index in [0.717, 1.165) is 19.0 Å². The van der Waals surface area contributed by atoms with Crippen LogP contribution in [0, 0.1) is 11.8 Å². The highest BCUT2D eigenvalue weighted by molar-refractivity contribution is 5.83. The minimum absolute atomic E-state index is 0.0673. The number of fused-ring (bicyclic) bond motifs is 1. The van der Waals surface area contributed by atoms with Gasteiger partial charge in [0.15, 0.2) is 5.92 Å². The molecule has 0 aliphatic carbocycles. The van der Waals surface area contributed by atoms with Gasteiger partial charge >= 0.3 is 6.18 Å². The van der Waals surface area contributed by atoms with Crippen molar-refractivity contribution in [1.82, 2.24) is 9.80 Å². The number of hydrogen-bond donors (Lipinski definition) is 0. The Kier molecular flexibility index (Phi) is 3.89. The Morgan fingerprint density at radius 2 is 2.09 bits per heavy atom. The molecule has 0 aromatic rings. The van der Waals surface area contributed by atoms with Crippen molar-refractivity contribution in [3.05, 3.63) is 11.9 Å². The third-order valence-electron chi connectivity index (χ3n) is 4.77. The van der Waals surface area contributed by atoms with Crippen molar-refractivity contribution in [2.24, 2.45) is 22.1 Å². The fourth-order valence-electron chi connectivity index (χ4n) is 3.76. The van der Waals surface area contributed by atoms with Crippen molar-refractivity contribution < 1.29 is 22.8 Å². The van der Waals surface area contributed by atoms with Crippen LogP contribution in [0.1, 0.15) is 19.8 Å². The number of piperidine rings is 1. The number of likely N-dealkylation sites (tertiary alicyclic amines) is 2. The molecule has 0 aromatic heterocycles. The van der Waals surface area contributed by atoms with Crippen LogP contribution in [0.3, 0.4) is 0 Å². The van der Waals surface area contributed by atoms with Gasteiger partial charge in [-0.1, -0.05) is 0 Å². The van der Waals surface area contributed by atoms with Crippen LogP contribution in [0.15, 0.2) is 22.1 Å². The first-order chi connectivity index (χ1) is 10.8. The predicted molar refractivity (Wildman–Crippen MR) is 73.0 cm³/mol. The zero-order valence-electron chi connectivity index (χ0n) is 12.6. The third-order valence-corrected chi connectivity index (χ3v) is 4.77. The summed E-state index contributed by atoms with van der Waals surface area (Å²) in [5.41, 5.74) is -0.157. The number of hydrogen-bond acceptors (Lipinski definition) is 4. The van der Waals surface area contributed by atoms with E-state index in [4.69, 9.17) is 0 Å². The van der Waals surface area contributed by atoms with Crippen LogP contribution < -0.4 is 0 Å². The van der Waals surface area contributed by atoms with Gasteiger partial charge in [0.1, 0.15) is 0 Å². The van der Waals surface area contributed by atoms with Crippen molar-refractivity contribution in [1.29, 1.82) is 0 Å². The molecular weight excluding hydrogens is 313 g/mol. The molecule has 3 heterocycles. The van der Waals surface area contributed by atoms with E-state index >= 15 is 0 Å². The molecule has 3 aliphatic rings. The SMILES string of the molecule is CC(=O)N1CCC[C@@H]2CN(C3=CN=NC(=O)C3C(F)(F)F)C[C@@H]21. The van der Waals surface area contributed by atoms with Crippen LogP contribution in [-0.4, -0.2) is 53.5 Å². The average molecular weight is 330 g/mol. The molecule has 0 radical (unpaired) electrons. The van der Waals surface area contributed by atoms with E-state index in [1.54, 1.807) is 9.80 Å². The van der Waals surface area contributed by atoms with Gasteiger partial charge < -0.3 is 9.80 Å². The maximum absolute atomic E-state index is 13.2. The molecule has 3 aliphatic heterocycles. The highest BCUT2D eigenvalue weighted by Crippen LogP contribution is 2.40. The molecule has 23 heavy (non-hydrogen) atoms. The Balaban J connectivity index is 1.85. The first-order valence-corrected chi connectivity index (χ1v) is 7.52. The molecule has 2 fully saturated rings. The number of azo groups is 1. The maximum Gasteiger partial charge on any atom is 0.406 e. The normalized spacial score (nSPS) is 31.2. The maximum atomic E-state index is 13.2. The number of carbonyl (C=O) groups is 2. The molecule has 3 rings (SSSR count). The fourth-order valence-corrected chi connectivity index (χ4v) is 3.76. The molecule has 0 bridgehead atoms. The number of amides is 2. The zero-order chi connectivity index (χ0) is 16.8. The molecule has 3 atom stereocenters. The largest absolute Gasteiger partial charge is 0.406 e. The highest BCUT2D eigenvalue weighted by atomic mass is 19.4. The Bertz CT molecular complexity index is 587. The van der Waals surface area contributed by atoms with E-state index in [0.29, 0.717) is 19.6 Å². The Morgan fingerprint density at radius 3 is 2.74 bits per heavy atom. The Labute approximate surface area is 131 Å². The molecule has 6 nitrogen and oxygen atoms in total. The van der Waals surface area contributed by atoms with Crippen LogP contribution in [0.4, 0.5) is 13.2 Å². The summed E-state index contributed by atoms with van der Waals surface area (Å²) in [6, 6.07) is -0.106. The summed E-state index contributed by atoms with van der Waals surface area (Å²) in [7, 11) is 0. The number of nitrogens with zero attached hydrogens (tertiary/aromatic N) is 4. The minimum atomic E-state index is -4.70. The topological polar surface area (TPSA) is 65.3 Å². The summed E-state index contributed by atoms with van der Waals surface area (Å²) in [5, 5.41) is 6.44. The lowest BCUT2D eigenvalue weighted by molar-refractivity contribution is -0.177. The Morgan fingerprint density at radius 1 is 1.35 bits per heavy atom. The van der Waals surface area contributed by atoms with Crippen LogP contribution in [-0.2, 0) is 9.59 Å². The van der Waals surface area contributed by atoms with E-state index in [1.165, 1.54) is 6.92 Å². The summed E-state index contributed by atoms with van der Waals surface area (Å²) >= 11 is 0. The van der Waals surface area contributed by atoms with Crippen molar-refractivity contribution >= 4 is 11.8 Å². The van der Waals surface area contributed by atoms with Crippen molar-refractivity contribution in [3.63, 3.8) is 0 Å².